The summed E-state index contributed by atoms with van der Waals surface area (Å²) in [6.07, 6.45) is 5.11. The SMILES string of the molecule is C#CCOc1ccc(CON=C)cc1OC. The molecule has 0 aliphatic rings. The van der Waals surface area contributed by atoms with Crippen LogP contribution in [0.3, 0.4) is 0 Å². The second-order valence-corrected chi connectivity index (χ2v) is 2.88. The summed E-state index contributed by atoms with van der Waals surface area (Å²) in [5, 5.41) is 3.31. The molecule has 0 bridgehead atoms. The first kappa shape index (κ1) is 11.9. The Balaban J connectivity index is 2.80. The van der Waals surface area contributed by atoms with E-state index in [2.05, 4.69) is 17.8 Å². The highest BCUT2D eigenvalue weighted by atomic mass is 16.6. The molecule has 0 spiro atoms. The average molecular weight is 219 g/mol. The average Bonchev–Trinajstić information content (AvgIpc) is 2.34. The Morgan fingerprint density at radius 2 is 2.25 bits per heavy atom. The number of hydrogen-bond donors (Lipinski definition) is 0. The molecular weight excluding hydrogens is 206 g/mol. The summed E-state index contributed by atoms with van der Waals surface area (Å²) in [6, 6.07) is 5.43. The first-order valence-corrected chi connectivity index (χ1v) is 4.63. The molecule has 0 aliphatic heterocycles. The van der Waals surface area contributed by atoms with Crippen LogP contribution in [0.1, 0.15) is 5.56 Å². The van der Waals surface area contributed by atoms with Gasteiger partial charge in [-0.1, -0.05) is 12.0 Å². The summed E-state index contributed by atoms with van der Waals surface area (Å²) in [5.41, 5.74) is 0.914. The third-order valence-electron chi connectivity index (χ3n) is 1.86. The number of hydrogen-bond acceptors (Lipinski definition) is 4. The zero-order valence-electron chi connectivity index (χ0n) is 9.10. The number of oxime groups is 1. The van der Waals surface area contributed by atoms with Gasteiger partial charge in [0.1, 0.15) is 13.2 Å². The van der Waals surface area contributed by atoms with Gasteiger partial charge < -0.3 is 14.3 Å². The van der Waals surface area contributed by atoms with Gasteiger partial charge in [0.2, 0.25) is 0 Å². The first-order valence-electron chi connectivity index (χ1n) is 4.63. The molecule has 4 nitrogen and oxygen atoms in total. The minimum atomic E-state index is 0.209. The van der Waals surface area contributed by atoms with Gasteiger partial charge in [-0.2, -0.15) is 0 Å². The van der Waals surface area contributed by atoms with E-state index in [4.69, 9.17) is 20.7 Å². The maximum Gasteiger partial charge on any atom is 0.162 e. The molecule has 0 saturated heterocycles. The van der Waals surface area contributed by atoms with Crippen molar-refractivity contribution in [1.29, 1.82) is 0 Å². The van der Waals surface area contributed by atoms with Crippen molar-refractivity contribution in [3.05, 3.63) is 23.8 Å². The van der Waals surface area contributed by atoms with Crippen LogP contribution in [0.25, 0.3) is 0 Å². The maximum atomic E-state index is 5.30. The minimum Gasteiger partial charge on any atom is -0.493 e. The number of ether oxygens (including phenoxy) is 2. The van der Waals surface area contributed by atoms with Crippen molar-refractivity contribution in [2.75, 3.05) is 13.7 Å². The minimum absolute atomic E-state index is 0.209. The van der Waals surface area contributed by atoms with Crippen molar-refractivity contribution >= 4 is 6.72 Å². The van der Waals surface area contributed by atoms with Gasteiger partial charge in [0.15, 0.2) is 11.5 Å². The van der Waals surface area contributed by atoms with Gasteiger partial charge >= 0.3 is 0 Å². The fourth-order valence-electron chi connectivity index (χ4n) is 1.16. The smallest absolute Gasteiger partial charge is 0.162 e. The second-order valence-electron chi connectivity index (χ2n) is 2.88. The second kappa shape index (κ2) is 6.36. The Morgan fingerprint density at radius 3 is 2.88 bits per heavy atom. The van der Waals surface area contributed by atoms with Gasteiger partial charge in [-0.05, 0) is 17.7 Å². The number of methoxy groups -OCH3 is 1. The molecule has 1 aromatic rings. The standard InChI is InChI=1S/C12H13NO3/c1-4-7-15-11-6-5-10(9-16-13-2)8-12(11)14-3/h1,5-6,8H,2,7,9H2,3H3. The van der Waals surface area contributed by atoms with Crippen LogP contribution in [0.5, 0.6) is 11.5 Å². The number of rotatable bonds is 6. The van der Waals surface area contributed by atoms with E-state index < -0.39 is 0 Å². The van der Waals surface area contributed by atoms with E-state index in [-0.39, 0.29) is 6.61 Å². The lowest BCUT2D eigenvalue weighted by Gasteiger charge is -2.10. The number of terminal acetylenes is 1. The van der Waals surface area contributed by atoms with E-state index in [0.29, 0.717) is 18.1 Å². The molecule has 0 aromatic heterocycles. The van der Waals surface area contributed by atoms with Gasteiger partial charge in [0, 0.05) is 6.72 Å². The largest absolute Gasteiger partial charge is 0.493 e. The summed E-state index contributed by atoms with van der Waals surface area (Å²) in [6.45, 7) is 3.78. The normalized spacial score (nSPS) is 9.00. The van der Waals surface area contributed by atoms with Crippen molar-refractivity contribution < 1.29 is 14.3 Å². The Morgan fingerprint density at radius 1 is 1.44 bits per heavy atom. The third kappa shape index (κ3) is 3.21. The van der Waals surface area contributed by atoms with Crippen molar-refractivity contribution in [3.8, 4) is 23.8 Å². The third-order valence-corrected chi connectivity index (χ3v) is 1.86. The molecule has 0 amide bonds. The van der Waals surface area contributed by atoms with E-state index >= 15 is 0 Å². The highest BCUT2D eigenvalue weighted by Crippen LogP contribution is 2.28. The molecule has 16 heavy (non-hydrogen) atoms. The molecule has 0 fully saturated rings. The highest BCUT2D eigenvalue weighted by Gasteiger charge is 2.05. The molecule has 0 atom stereocenters. The van der Waals surface area contributed by atoms with Crippen molar-refractivity contribution in [2.24, 2.45) is 5.16 Å². The van der Waals surface area contributed by atoms with E-state index in [1.165, 1.54) is 0 Å². The Hall–Kier alpha value is -2.15. The Labute approximate surface area is 94.8 Å². The Bertz CT molecular complexity index is 396. The predicted octanol–water partition coefficient (Wildman–Crippen LogP) is 1.84. The molecule has 0 radical (unpaired) electrons. The molecule has 0 heterocycles. The van der Waals surface area contributed by atoms with E-state index in [9.17, 15) is 0 Å². The van der Waals surface area contributed by atoms with Crippen LogP contribution in [-0.4, -0.2) is 20.4 Å². The van der Waals surface area contributed by atoms with Gasteiger partial charge in [-0.3, -0.25) is 0 Å². The van der Waals surface area contributed by atoms with Crippen LogP contribution in [0.4, 0.5) is 0 Å². The summed E-state index contributed by atoms with van der Waals surface area (Å²) in [4.78, 5) is 4.83. The molecule has 1 aromatic carbocycles. The molecule has 0 unspecified atom stereocenters. The fraction of sp³-hybridized carbons (Fsp3) is 0.250. The van der Waals surface area contributed by atoms with Crippen LogP contribution in [0.15, 0.2) is 23.4 Å². The lowest BCUT2D eigenvalue weighted by molar-refractivity contribution is 0.133. The van der Waals surface area contributed by atoms with Gasteiger partial charge in [-0.15, -0.1) is 11.6 Å². The van der Waals surface area contributed by atoms with Gasteiger partial charge in [0.25, 0.3) is 0 Å². The topological polar surface area (TPSA) is 40.0 Å². The van der Waals surface area contributed by atoms with Crippen LogP contribution >= 0.6 is 0 Å². The van der Waals surface area contributed by atoms with Crippen LogP contribution in [0.2, 0.25) is 0 Å². The van der Waals surface area contributed by atoms with E-state index in [1.807, 2.05) is 6.07 Å². The zero-order chi connectivity index (χ0) is 11.8. The summed E-state index contributed by atoms with van der Waals surface area (Å²) in [7, 11) is 1.56. The highest BCUT2D eigenvalue weighted by molar-refractivity contribution is 5.43. The molecule has 4 heteroatoms. The molecule has 1 rings (SSSR count). The monoisotopic (exact) mass is 219 g/mol. The predicted molar refractivity (Wildman–Crippen MR) is 61.7 cm³/mol. The van der Waals surface area contributed by atoms with Crippen LogP contribution in [-0.2, 0) is 11.4 Å². The number of nitrogens with zero attached hydrogens (tertiary/aromatic N) is 1. The maximum absolute atomic E-state index is 5.30. The molecule has 84 valence electrons. The number of benzene rings is 1. The quantitative estimate of drug-likeness (QED) is 0.416. The van der Waals surface area contributed by atoms with Crippen molar-refractivity contribution in [2.45, 2.75) is 6.61 Å². The molecule has 0 aliphatic carbocycles. The molecule has 0 saturated carbocycles. The lowest BCUT2D eigenvalue weighted by Crippen LogP contribution is -1.97. The molecular formula is C12H13NO3. The van der Waals surface area contributed by atoms with Gasteiger partial charge in [-0.25, -0.2) is 0 Å². The van der Waals surface area contributed by atoms with Gasteiger partial charge in [0.05, 0.1) is 7.11 Å². The Kier molecular flexibility index (Phi) is 4.74. The zero-order valence-corrected chi connectivity index (χ0v) is 9.10. The van der Waals surface area contributed by atoms with E-state index in [0.717, 1.165) is 5.56 Å². The van der Waals surface area contributed by atoms with Crippen molar-refractivity contribution in [1.82, 2.24) is 0 Å². The lowest BCUT2D eigenvalue weighted by atomic mass is 10.2. The summed E-state index contributed by atoms with van der Waals surface area (Å²) in [5.74, 6) is 3.61. The molecule has 0 N–H and O–H groups in total. The summed E-state index contributed by atoms with van der Waals surface area (Å²) >= 11 is 0. The van der Waals surface area contributed by atoms with Crippen LogP contribution < -0.4 is 9.47 Å². The van der Waals surface area contributed by atoms with Crippen molar-refractivity contribution in [3.63, 3.8) is 0 Å². The van der Waals surface area contributed by atoms with E-state index in [1.54, 1.807) is 19.2 Å². The fourth-order valence-corrected chi connectivity index (χ4v) is 1.16. The first-order chi connectivity index (χ1) is 7.81. The van der Waals surface area contributed by atoms with Crippen LogP contribution in [0, 0.1) is 12.3 Å². The summed E-state index contributed by atoms with van der Waals surface area (Å²) < 4.78 is 10.5.